The van der Waals surface area contributed by atoms with Crippen LogP contribution in [0.5, 0.6) is 0 Å². The molecule has 0 rings (SSSR count). The van der Waals surface area contributed by atoms with Gasteiger partial charge in [0.15, 0.2) is 0 Å². The molecule has 0 aliphatic carbocycles. The third-order valence-corrected chi connectivity index (χ3v) is 4.25. The lowest BCUT2D eigenvalue weighted by molar-refractivity contribution is 0.267. The Morgan fingerprint density at radius 3 is 1.23 bits per heavy atom. The molecular formula is C21H47N. The van der Waals surface area contributed by atoms with Crippen LogP contribution in [0.15, 0.2) is 0 Å². The van der Waals surface area contributed by atoms with Gasteiger partial charge in [0.1, 0.15) is 0 Å². The van der Waals surface area contributed by atoms with Crippen LogP contribution in [-0.2, 0) is 0 Å². The van der Waals surface area contributed by atoms with E-state index in [0.717, 1.165) is 0 Å². The molecule has 0 N–H and O–H groups in total. The lowest BCUT2D eigenvalue weighted by Gasteiger charge is -2.20. The summed E-state index contributed by atoms with van der Waals surface area (Å²) in [5.41, 5.74) is 0. The fourth-order valence-corrected chi connectivity index (χ4v) is 2.46. The molecule has 0 amide bonds. The molecule has 22 heavy (non-hydrogen) atoms. The van der Waals surface area contributed by atoms with Crippen LogP contribution in [0.4, 0.5) is 0 Å². The molecule has 0 saturated carbocycles. The van der Waals surface area contributed by atoms with Gasteiger partial charge in [-0.15, -0.1) is 0 Å². The van der Waals surface area contributed by atoms with Crippen molar-refractivity contribution in [3.63, 3.8) is 0 Å². The second-order valence-electron chi connectivity index (χ2n) is 7.17. The highest BCUT2D eigenvalue weighted by molar-refractivity contribution is 4.57. The smallest absolute Gasteiger partial charge is 0.00355 e. The summed E-state index contributed by atoms with van der Waals surface area (Å²) in [6.45, 7) is 12.4. The van der Waals surface area contributed by atoms with Crippen LogP contribution >= 0.6 is 0 Å². The van der Waals surface area contributed by atoms with Crippen molar-refractivity contribution in [1.29, 1.82) is 0 Å². The Labute approximate surface area is 143 Å². The first-order valence-corrected chi connectivity index (χ1v) is 10.3. The highest BCUT2D eigenvalue weighted by atomic mass is 15.1. The van der Waals surface area contributed by atoms with E-state index in [1.165, 1.54) is 90.0 Å². The van der Waals surface area contributed by atoms with Crippen molar-refractivity contribution in [3.8, 4) is 0 Å². The zero-order valence-electron chi connectivity index (χ0n) is 16.9. The zero-order valence-corrected chi connectivity index (χ0v) is 16.9. The summed E-state index contributed by atoms with van der Waals surface area (Å²) in [6.07, 6.45) is 18.6. The fraction of sp³-hybridized carbons (Fsp3) is 1.00. The van der Waals surface area contributed by atoms with Gasteiger partial charge < -0.3 is 4.90 Å². The van der Waals surface area contributed by atoms with Crippen molar-refractivity contribution in [3.05, 3.63) is 0 Å². The minimum absolute atomic E-state index is 0.702. The molecule has 0 heterocycles. The Kier molecular flexibility index (Phi) is 23.1. The molecule has 0 spiro atoms. The first-order chi connectivity index (χ1) is 10.6. The summed E-state index contributed by atoms with van der Waals surface area (Å²) in [5, 5.41) is 0. The molecule has 0 aromatic carbocycles. The minimum atomic E-state index is 0.702. The van der Waals surface area contributed by atoms with E-state index in [9.17, 15) is 0 Å². The van der Waals surface area contributed by atoms with Crippen molar-refractivity contribution >= 4 is 0 Å². The SMILES string of the molecule is CCC.CCCCCCCCCCCCCCN(C)C(C)C. The van der Waals surface area contributed by atoms with Gasteiger partial charge in [-0.1, -0.05) is 97.8 Å². The Morgan fingerprint density at radius 1 is 0.591 bits per heavy atom. The Bertz CT molecular complexity index is 177. The average Bonchev–Trinajstić information content (AvgIpc) is 2.48. The number of hydrogen-bond acceptors (Lipinski definition) is 1. The predicted octanol–water partition coefficient (Wildman–Crippen LogP) is 7.44. The maximum Gasteiger partial charge on any atom is 0.00355 e. The normalized spacial score (nSPS) is 10.9. The molecule has 0 atom stereocenters. The maximum atomic E-state index is 2.45. The zero-order chi connectivity index (χ0) is 17.1. The number of unbranched alkanes of at least 4 members (excludes halogenated alkanes) is 11. The van der Waals surface area contributed by atoms with Gasteiger partial charge >= 0.3 is 0 Å². The minimum Gasteiger partial charge on any atom is -0.304 e. The largest absolute Gasteiger partial charge is 0.304 e. The van der Waals surface area contributed by atoms with Crippen molar-refractivity contribution in [1.82, 2.24) is 4.90 Å². The summed E-state index contributed by atoms with van der Waals surface area (Å²) in [5.74, 6) is 0. The van der Waals surface area contributed by atoms with Gasteiger partial charge in [0.05, 0.1) is 0 Å². The van der Waals surface area contributed by atoms with Crippen molar-refractivity contribution in [2.24, 2.45) is 0 Å². The molecule has 0 aromatic heterocycles. The molecule has 0 bridgehead atoms. The lowest BCUT2D eigenvalue weighted by atomic mass is 10.1. The van der Waals surface area contributed by atoms with E-state index < -0.39 is 0 Å². The molecular weight excluding hydrogens is 266 g/mol. The molecule has 0 fully saturated rings. The first-order valence-electron chi connectivity index (χ1n) is 10.3. The monoisotopic (exact) mass is 313 g/mol. The molecule has 0 radical (unpaired) electrons. The molecule has 0 aliphatic rings. The van der Waals surface area contributed by atoms with Crippen LogP contribution in [0.1, 0.15) is 118 Å². The van der Waals surface area contributed by atoms with Crippen molar-refractivity contribution < 1.29 is 0 Å². The Hall–Kier alpha value is -0.0400. The first kappa shape index (κ1) is 24.2. The average molecular weight is 314 g/mol. The van der Waals surface area contributed by atoms with Crippen LogP contribution in [0.3, 0.4) is 0 Å². The number of hydrogen-bond donors (Lipinski definition) is 0. The van der Waals surface area contributed by atoms with E-state index in [-0.39, 0.29) is 0 Å². The number of rotatable bonds is 14. The summed E-state index contributed by atoms with van der Waals surface area (Å²) < 4.78 is 0. The summed E-state index contributed by atoms with van der Waals surface area (Å²) >= 11 is 0. The van der Waals surface area contributed by atoms with E-state index in [0.29, 0.717) is 6.04 Å². The van der Waals surface area contributed by atoms with Crippen LogP contribution in [-0.4, -0.2) is 24.5 Å². The van der Waals surface area contributed by atoms with Gasteiger partial charge in [0.2, 0.25) is 0 Å². The molecule has 1 heteroatoms. The Morgan fingerprint density at radius 2 is 0.909 bits per heavy atom. The molecule has 0 aromatic rings. The lowest BCUT2D eigenvalue weighted by Crippen LogP contribution is -2.27. The van der Waals surface area contributed by atoms with Gasteiger partial charge in [-0.25, -0.2) is 0 Å². The molecule has 0 unspecified atom stereocenters. The number of nitrogens with zero attached hydrogens (tertiary/aromatic N) is 1. The van der Waals surface area contributed by atoms with E-state index in [4.69, 9.17) is 0 Å². The molecule has 136 valence electrons. The van der Waals surface area contributed by atoms with E-state index in [2.05, 4.69) is 46.6 Å². The second-order valence-corrected chi connectivity index (χ2v) is 7.17. The quantitative estimate of drug-likeness (QED) is 0.301. The van der Waals surface area contributed by atoms with Gasteiger partial charge in [0, 0.05) is 6.04 Å². The van der Waals surface area contributed by atoms with Gasteiger partial charge in [-0.2, -0.15) is 0 Å². The van der Waals surface area contributed by atoms with Crippen LogP contribution in [0.2, 0.25) is 0 Å². The second kappa shape index (κ2) is 21.0. The third kappa shape index (κ3) is 22.2. The fourth-order valence-electron chi connectivity index (χ4n) is 2.46. The van der Waals surface area contributed by atoms with Crippen molar-refractivity contribution in [2.75, 3.05) is 13.6 Å². The predicted molar refractivity (Wildman–Crippen MR) is 105 cm³/mol. The molecule has 0 aliphatic heterocycles. The van der Waals surface area contributed by atoms with Crippen LogP contribution < -0.4 is 0 Å². The summed E-state index contributed by atoms with van der Waals surface area (Å²) in [7, 11) is 2.24. The van der Waals surface area contributed by atoms with Crippen molar-refractivity contribution in [2.45, 2.75) is 124 Å². The van der Waals surface area contributed by atoms with E-state index in [1.807, 2.05) is 0 Å². The molecule has 0 saturated heterocycles. The molecule has 1 nitrogen and oxygen atoms in total. The highest BCUT2D eigenvalue weighted by Gasteiger charge is 2.01. The van der Waals surface area contributed by atoms with Gasteiger partial charge in [0.25, 0.3) is 0 Å². The van der Waals surface area contributed by atoms with E-state index >= 15 is 0 Å². The van der Waals surface area contributed by atoms with E-state index in [1.54, 1.807) is 0 Å². The summed E-state index contributed by atoms with van der Waals surface area (Å²) in [6, 6.07) is 0.702. The summed E-state index contributed by atoms with van der Waals surface area (Å²) in [4.78, 5) is 2.45. The third-order valence-electron chi connectivity index (χ3n) is 4.25. The van der Waals surface area contributed by atoms with Gasteiger partial charge in [-0.3, -0.25) is 0 Å². The van der Waals surface area contributed by atoms with Crippen LogP contribution in [0.25, 0.3) is 0 Å². The highest BCUT2D eigenvalue weighted by Crippen LogP contribution is 2.12. The topological polar surface area (TPSA) is 3.24 Å². The van der Waals surface area contributed by atoms with Gasteiger partial charge in [-0.05, 0) is 33.9 Å². The van der Waals surface area contributed by atoms with Crippen LogP contribution in [0, 0.1) is 0 Å². The maximum absolute atomic E-state index is 2.45. The standard InChI is InChI=1S/C18H39N.C3H8/c1-5-6-7-8-9-10-11-12-13-14-15-16-17-19(4)18(2)3;1-3-2/h18H,5-17H2,1-4H3;3H2,1-2H3. The Balaban J connectivity index is 0.